The Hall–Kier alpha value is -2.62. The van der Waals surface area contributed by atoms with Gasteiger partial charge in [0.25, 0.3) is 0 Å². The molecule has 146 valence electrons. The van der Waals surface area contributed by atoms with Crippen LogP contribution < -0.4 is 0 Å². The van der Waals surface area contributed by atoms with Crippen LogP contribution >= 0.6 is 0 Å². The van der Waals surface area contributed by atoms with E-state index >= 15 is 0 Å². The van der Waals surface area contributed by atoms with Gasteiger partial charge in [-0.05, 0) is 30.4 Å². The molecule has 2 amide bonds. The minimum absolute atomic E-state index is 0.0787. The number of rotatable bonds is 3. The van der Waals surface area contributed by atoms with Crippen molar-refractivity contribution in [3.05, 3.63) is 71.8 Å². The molecule has 2 saturated heterocycles. The molecule has 4 nitrogen and oxygen atoms in total. The van der Waals surface area contributed by atoms with Gasteiger partial charge in [0, 0.05) is 38.5 Å². The van der Waals surface area contributed by atoms with E-state index in [0.29, 0.717) is 25.9 Å². The van der Waals surface area contributed by atoms with E-state index in [1.54, 1.807) is 11.9 Å². The Morgan fingerprint density at radius 2 is 1.61 bits per heavy atom. The van der Waals surface area contributed by atoms with Gasteiger partial charge in [-0.2, -0.15) is 0 Å². The van der Waals surface area contributed by atoms with Gasteiger partial charge in [-0.15, -0.1) is 0 Å². The molecule has 0 aliphatic carbocycles. The largest absolute Gasteiger partial charge is 0.345 e. The molecule has 0 bridgehead atoms. The van der Waals surface area contributed by atoms with Crippen molar-refractivity contribution < 1.29 is 9.59 Å². The van der Waals surface area contributed by atoms with Gasteiger partial charge in [0.05, 0.1) is 5.92 Å². The van der Waals surface area contributed by atoms with Crippen LogP contribution in [-0.4, -0.2) is 48.3 Å². The number of carbonyl (C=O) groups is 2. The van der Waals surface area contributed by atoms with E-state index in [4.69, 9.17) is 0 Å². The van der Waals surface area contributed by atoms with Crippen molar-refractivity contribution in [2.75, 3.05) is 26.7 Å². The summed E-state index contributed by atoms with van der Waals surface area (Å²) in [5.74, 6) is 0.269. The second-order valence-corrected chi connectivity index (χ2v) is 8.19. The molecular weight excluding hydrogens is 348 g/mol. The molecule has 0 radical (unpaired) electrons. The molecule has 0 unspecified atom stereocenters. The molecule has 28 heavy (non-hydrogen) atoms. The van der Waals surface area contributed by atoms with E-state index in [1.165, 1.54) is 11.1 Å². The topological polar surface area (TPSA) is 40.6 Å². The minimum Gasteiger partial charge on any atom is -0.345 e. The highest BCUT2D eigenvalue weighted by Gasteiger charge is 2.42. The first-order valence-electron chi connectivity index (χ1n) is 10.2. The number of carbonyl (C=O) groups excluding carboxylic acids is 2. The summed E-state index contributed by atoms with van der Waals surface area (Å²) < 4.78 is 0. The molecule has 4 rings (SSSR count). The molecule has 2 aromatic rings. The normalized spacial score (nSPS) is 22.2. The quantitative estimate of drug-likeness (QED) is 0.823. The molecule has 2 aliphatic heterocycles. The maximum absolute atomic E-state index is 13.3. The van der Waals surface area contributed by atoms with Gasteiger partial charge in [0.1, 0.15) is 0 Å². The number of piperidine rings is 2. The van der Waals surface area contributed by atoms with Crippen LogP contribution in [0.1, 0.15) is 36.8 Å². The predicted octanol–water partition coefficient (Wildman–Crippen LogP) is 3.46. The molecule has 0 N–H and O–H groups in total. The molecular formula is C24H28N2O2. The zero-order valence-electron chi connectivity index (χ0n) is 16.5. The Morgan fingerprint density at radius 3 is 2.18 bits per heavy atom. The van der Waals surface area contributed by atoms with Gasteiger partial charge in [0.2, 0.25) is 11.8 Å². The summed E-state index contributed by atoms with van der Waals surface area (Å²) >= 11 is 0. The van der Waals surface area contributed by atoms with Crippen molar-refractivity contribution in [2.24, 2.45) is 5.92 Å². The lowest BCUT2D eigenvalue weighted by Gasteiger charge is -2.45. The van der Waals surface area contributed by atoms with Crippen LogP contribution in [0.15, 0.2) is 60.7 Å². The molecule has 0 spiro atoms. The molecule has 2 heterocycles. The highest BCUT2D eigenvalue weighted by molar-refractivity contribution is 5.84. The van der Waals surface area contributed by atoms with E-state index in [-0.39, 0.29) is 23.1 Å². The zero-order chi connectivity index (χ0) is 19.6. The molecule has 0 aromatic heterocycles. The summed E-state index contributed by atoms with van der Waals surface area (Å²) in [7, 11) is 1.80. The lowest BCUT2D eigenvalue weighted by atomic mass is 9.69. The van der Waals surface area contributed by atoms with Gasteiger partial charge in [-0.3, -0.25) is 9.59 Å². The second kappa shape index (κ2) is 7.78. The van der Waals surface area contributed by atoms with Gasteiger partial charge >= 0.3 is 0 Å². The highest BCUT2D eigenvalue weighted by atomic mass is 16.2. The number of nitrogens with zero attached hydrogens (tertiary/aromatic N) is 2. The summed E-state index contributed by atoms with van der Waals surface area (Å²) in [5.41, 5.74) is 2.37. The fourth-order valence-corrected chi connectivity index (χ4v) is 4.87. The first kappa shape index (κ1) is 18.7. The summed E-state index contributed by atoms with van der Waals surface area (Å²) in [6.45, 7) is 2.04. The molecule has 1 atom stereocenters. The Morgan fingerprint density at radius 1 is 1.00 bits per heavy atom. The lowest BCUT2D eigenvalue weighted by molar-refractivity contribution is -0.143. The fourth-order valence-electron chi connectivity index (χ4n) is 4.87. The molecule has 2 aromatic carbocycles. The molecule has 2 aliphatic rings. The monoisotopic (exact) mass is 376 g/mol. The van der Waals surface area contributed by atoms with Gasteiger partial charge in [-0.25, -0.2) is 0 Å². The fraction of sp³-hybridized carbons (Fsp3) is 0.417. The average molecular weight is 377 g/mol. The number of hydrogen-bond acceptors (Lipinski definition) is 2. The maximum Gasteiger partial charge on any atom is 0.227 e. The molecule has 4 heteroatoms. The van der Waals surface area contributed by atoms with Crippen molar-refractivity contribution in [2.45, 2.75) is 31.1 Å². The maximum atomic E-state index is 13.3. The van der Waals surface area contributed by atoms with E-state index in [1.807, 2.05) is 12.1 Å². The Bertz CT molecular complexity index is 795. The minimum atomic E-state index is -0.174. The second-order valence-electron chi connectivity index (χ2n) is 8.19. The number of likely N-dealkylation sites (tertiary alicyclic amines) is 2. The van der Waals surface area contributed by atoms with Crippen molar-refractivity contribution in [3.63, 3.8) is 0 Å². The molecule has 2 fully saturated rings. The number of benzene rings is 2. The first-order chi connectivity index (χ1) is 13.6. The van der Waals surface area contributed by atoms with E-state index < -0.39 is 0 Å². The summed E-state index contributed by atoms with van der Waals surface area (Å²) in [6, 6.07) is 21.2. The predicted molar refractivity (Wildman–Crippen MR) is 110 cm³/mol. The van der Waals surface area contributed by atoms with Crippen LogP contribution in [0.5, 0.6) is 0 Å². The van der Waals surface area contributed by atoms with Gasteiger partial charge < -0.3 is 9.80 Å². The summed E-state index contributed by atoms with van der Waals surface area (Å²) in [5, 5.41) is 0. The van der Waals surface area contributed by atoms with Crippen LogP contribution in [-0.2, 0) is 15.0 Å². The van der Waals surface area contributed by atoms with Crippen molar-refractivity contribution in [1.82, 2.24) is 9.80 Å². The van der Waals surface area contributed by atoms with Crippen LogP contribution in [0.4, 0.5) is 0 Å². The SMILES string of the molecule is CN1C[C@@H](C(=O)N2CCCC(c3ccccc3)(c3ccccc3)C2)CCC1=O. The average Bonchev–Trinajstić information content (AvgIpc) is 2.76. The van der Waals surface area contributed by atoms with Crippen LogP contribution in [0, 0.1) is 5.92 Å². The van der Waals surface area contributed by atoms with E-state index in [2.05, 4.69) is 53.4 Å². The van der Waals surface area contributed by atoms with Crippen molar-refractivity contribution in [1.29, 1.82) is 0 Å². The Kier molecular flexibility index (Phi) is 5.21. The van der Waals surface area contributed by atoms with E-state index in [9.17, 15) is 9.59 Å². The third-order valence-electron chi connectivity index (χ3n) is 6.43. The van der Waals surface area contributed by atoms with Crippen molar-refractivity contribution >= 4 is 11.8 Å². The first-order valence-corrected chi connectivity index (χ1v) is 10.2. The third kappa shape index (κ3) is 3.44. The summed E-state index contributed by atoms with van der Waals surface area (Å²) in [6.07, 6.45) is 3.16. The lowest BCUT2D eigenvalue weighted by Crippen LogP contribution is -2.53. The van der Waals surface area contributed by atoms with Crippen LogP contribution in [0.25, 0.3) is 0 Å². The van der Waals surface area contributed by atoms with Crippen LogP contribution in [0.2, 0.25) is 0 Å². The van der Waals surface area contributed by atoms with Crippen LogP contribution in [0.3, 0.4) is 0 Å². The molecule has 0 saturated carbocycles. The summed E-state index contributed by atoms with van der Waals surface area (Å²) in [4.78, 5) is 28.9. The number of hydrogen-bond donors (Lipinski definition) is 0. The standard InChI is InChI=1S/C24H28N2O2/c1-25-17-19(13-14-22(25)27)23(28)26-16-8-15-24(18-26,20-9-4-2-5-10-20)21-11-6-3-7-12-21/h2-7,9-12,19H,8,13-18H2,1H3/t19-/m0/s1. The van der Waals surface area contributed by atoms with Gasteiger partial charge in [-0.1, -0.05) is 60.7 Å². The zero-order valence-corrected chi connectivity index (χ0v) is 16.5. The smallest absolute Gasteiger partial charge is 0.227 e. The Balaban J connectivity index is 1.64. The van der Waals surface area contributed by atoms with Gasteiger partial charge in [0.15, 0.2) is 0 Å². The number of amides is 2. The highest BCUT2D eigenvalue weighted by Crippen LogP contribution is 2.40. The van der Waals surface area contributed by atoms with E-state index in [0.717, 1.165) is 19.4 Å². The Labute approximate surface area is 167 Å². The third-order valence-corrected chi connectivity index (χ3v) is 6.43. The van der Waals surface area contributed by atoms with Crippen molar-refractivity contribution in [3.8, 4) is 0 Å².